The van der Waals surface area contributed by atoms with Gasteiger partial charge in [-0.2, -0.15) is 0 Å². The standard InChI is InChI=1S/C25H27NO6S/c1-5-20(27)26-24-22(25(29)32-8-4)23(28)19(33-24)14-15-12-13-17(30-6-2)16-10-9-11-18(21(15)16)31-7-3/h9-14,28H,5-8H2,1-4H3/b19-14-,26-24?. The molecule has 0 atom stereocenters. The lowest BCUT2D eigenvalue weighted by atomic mass is 10.0. The van der Waals surface area contributed by atoms with Crippen LogP contribution < -0.4 is 9.47 Å². The fourth-order valence-corrected chi connectivity index (χ4v) is 4.40. The molecular formula is C25H27NO6S. The van der Waals surface area contributed by atoms with E-state index in [1.165, 1.54) is 0 Å². The molecule has 0 radical (unpaired) electrons. The van der Waals surface area contributed by atoms with Crippen molar-refractivity contribution >= 4 is 45.5 Å². The Kier molecular flexibility index (Phi) is 8.16. The van der Waals surface area contributed by atoms with Crippen molar-refractivity contribution < 1.29 is 28.9 Å². The second-order valence-corrected chi connectivity index (χ2v) is 7.95. The molecule has 0 bridgehead atoms. The first-order valence-electron chi connectivity index (χ1n) is 10.9. The van der Waals surface area contributed by atoms with Crippen LogP contribution in [0.2, 0.25) is 0 Å². The number of fused-ring (bicyclic) bond motifs is 1. The largest absolute Gasteiger partial charge is 0.506 e. The summed E-state index contributed by atoms with van der Waals surface area (Å²) in [7, 11) is 0. The smallest absolute Gasteiger partial charge is 0.344 e. The molecule has 174 valence electrons. The summed E-state index contributed by atoms with van der Waals surface area (Å²) >= 11 is 1.06. The van der Waals surface area contributed by atoms with Crippen molar-refractivity contribution in [1.29, 1.82) is 0 Å². The maximum absolute atomic E-state index is 12.5. The Morgan fingerprint density at radius 2 is 1.73 bits per heavy atom. The average Bonchev–Trinajstić information content (AvgIpc) is 3.10. The van der Waals surface area contributed by atoms with Gasteiger partial charge in [0, 0.05) is 17.2 Å². The summed E-state index contributed by atoms with van der Waals surface area (Å²) in [6.07, 6.45) is 1.93. The summed E-state index contributed by atoms with van der Waals surface area (Å²) in [5, 5.41) is 12.7. The molecule has 8 heteroatoms. The number of ether oxygens (including phenoxy) is 3. The van der Waals surface area contributed by atoms with Crippen molar-refractivity contribution in [3.8, 4) is 11.5 Å². The van der Waals surface area contributed by atoms with Gasteiger partial charge in [-0.15, -0.1) is 0 Å². The number of hydrogen-bond donors (Lipinski definition) is 1. The van der Waals surface area contributed by atoms with Gasteiger partial charge in [0.2, 0.25) is 5.91 Å². The highest BCUT2D eigenvalue weighted by Gasteiger charge is 2.33. The van der Waals surface area contributed by atoms with E-state index in [4.69, 9.17) is 14.2 Å². The first-order chi connectivity index (χ1) is 15.9. The number of thioether (sulfide) groups is 1. The van der Waals surface area contributed by atoms with Gasteiger partial charge in [-0.05, 0) is 44.5 Å². The molecule has 7 nitrogen and oxygen atoms in total. The molecule has 0 unspecified atom stereocenters. The molecule has 1 heterocycles. The first-order valence-corrected chi connectivity index (χ1v) is 11.7. The number of carbonyl (C=O) groups is 2. The Hall–Kier alpha value is -3.26. The highest BCUT2D eigenvalue weighted by molar-refractivity contribution is 8.18. The quantitative estimate of drug-likeness (QED) is 0.515. The maximum atomic E-state index is 12.5. The zero-order valence-corrected chi connectivity index (χ0v) is 20.0. The van der Waals surface area contributed by atoms with E-state index in [0.29, 0.717) is 23.9 Å². The Bertz CT molecular complexity index is 1160. The van der Waals surface area contributed by atoms with Gasteiger partial charge in [0.25, 0.3) is 0 Å². The minimum atomic E-state index is -0.722. The van der Waals surface area contributed by atoms with Crippen LogP contribution in [-0.2, 0) is 14.3 Å². The Balaban J connectivity index is 2.20. The summed E-state index contributed by atoms with van der Waals surface area (Å²) in [5.41, 5.74) is 0.660. The van der Waals surface area contributed by atoms with E-state index in [0.717, 1.165) is 33.8 Å². The number of carbonyl (C=O) groups excluding carboxylic acids is 2. The van der Waals surface area contributed by atoms with Gasteiger partial charge in [-0.3, -0.25) is 4.79 Å². The summed E-state index contributed by atoms with van der Waals surface area (Å²) in [5.74, 6) is 0.0178. The predicted molar refractivity (Wildman–Crippen MR) is 131 cm³/mol. The molecule has 0 saturated carbocycles. The molecule has 0 spiro atoms. The number of aliphatic hydroxyl groups excluding tert-OH is 1. The third-order valence-electron chi connectivity index (χ3n) is 4.78. The van der Waals surface area contributed by atoms with Gasteiger partial charge < -0.3 is 19.3 Å². The van der Waals surface area contributed by atoms with Gasteiger partial charge in [0.15, 0.2) is 0 Å². The van der Waals surface area contributed by atoms with Crippen LogP contribution in [0, 0.1) is 0 Å². The number of amides is 1. The fourth-order valence-electron chi connectivity index (χ4n) is 3.38. The van der Waals surface area contributed by atoms with Crippen LogP contribution in [0.25, 0.3) is 16.8 Å². The van der Waals surface area contributed by atoms with Crippen molar-refractivity contribution in [2.45, 2.75) is 34.1 Å². The molecule has 1 aliphatic heterocycles. The summed E-state index contributed by atoms with van der Waals surface area (Å²) in [6, 6.07) is 9.44. The highest BCUT2D eigenvalue weighted by atomic mass is 32.2. The monoisotopic (exact) mass is 469 g/mol. The number of aliphatic imine (C=N–C) groups is 1. The molecule has 1 N–H and O–H groups in total. The van der Waals surface area contributed by atoms with E-state index >= 15 is 0 Å². The average molecular weight is 470 g/mol. The highest BCUT2D eigenvalue weighted by Crippen LogP contribution is 2.42. The summed E-state index contributed by atoms with van der Waals surface area (Å²) in [4.78, 5) is 28.8. The number of esters is 1. The molecule has 2 aromatic carbocycles. The molecule has 3 rings (SSSR count). The molecule has 1 aliphatic rings. The predicted octanol–water partition coefficient (Wildman–Crippen LogP) is 5.44. The van der Waals surface area contributed by atoms with Crippen LogP contribution in [0.4, 0.5) is 0 Å². The number of benzene rings is 2. The number of hydrogen-bond acceptors (Lipinski definition) is 7. The number of rotatable bonds is 8. The number of nitrogens with zero attached hydrogens (tertiary/aromatic N) is 1. The lowest BCUT2D eigenvalue weighted by Gasteiger charge is -2.14. The zero-order valence-electron chi connectivity index (χ0n) is 19.1. The van der Waals surface area contributed by atoms with Gasteiger partial charge in [-0.25, -0.2) is 9.79 Å². The molecule has 2 aromatic rings. The van der Waals surface area contributed by atoms with Gasteiger partial charge >= 0.3 is 5.97 Å². The molecule has 0 aliphatic carbocycles. The molecule has 0 fully saturated rings. The van der Waals surface area contributed by atoms with Crippen LogP contribution >= 0.6 is 11.8 Å². The molecule has 0 saturated heterocycles. The topological polar surface area (TPSA) is 94.4 Å². The van der Waals surface area contributed by atoms with Crippen molar-refractivity contribution in [2.24, 2.45) is 4.99 Å². The second-order valence-electron chi connectivity index (χ2n) is 6.92. The minimum absolute atomic E-state index is 0.102. The number of aliphatic hydroxyl groups is 1. The van der Waals surface area contributed by atoms with E-state index in [2.05, 4.69) is 4.99 Å². The Labute approximate surface area is 197 Å². The van der Waals surface area contributed by atoms with E-state index in [9.17, 15) is 14.7 Å². The van der Waals surface area contributed by atoms with Crippen molar-refractivity contribution in [2.75, 3.05) is 19.8 Å². The molecule has 1 amide bonds. The summed E-state index contributed by atoms with van der Waals surface area (Å²) < 4.78 is 16.7. The Morgan fingerprint density at radius 1 is 1.00 bits per heavy atom. The first kappa shape index (κ1) is 24.4. The minimum Gasteiger partial charge on any atom is -0.506 e. The van der Waals surface area contributed by atoms with Gasteiger partial charge in [0.05, 0.1) is 24.7 Å². The van der Waals surface area contributed by atoms with Crippen LogP contribution in [0.5, 0.6) is 11.5 Å². The van der Waals surface area contributed by atoms with Crippen molar-refractivity contribution in [3.05, 3.63) is 52.1 Å². The van der Waals surface area contributed by atoms with Crippen LogP contribution in [0.3, 0.4) is 0 Å². The van der Waals surface area contributed by atoms with E-state index < -0.39 is 11.9 Å². The van der Waals surface area contributed by atoms with E-state index in [1.54, 1.807) is 19.9 Å². The molecule has 0 aromatic heterocycles. The van der Waals surface area contributed by atoms with Crippen molar-refractivity contribution in [1.82, 2.24) is 0 Å². The van der Waals surface area contributed by atoms with Crippen LogP contribution in [0.15, 0.2) is 51.6 Å². The lowest BCUT2D eigenvalue weighted by Crippen LogP contribution is -2.14. The zero-order chi connectivity index (χ0) is 24.0. The summed E-state index contributed by atoms with van der Waals surface area (Å²) in [6.45, 7) is 8.31. The second kappa shape index (κ2) is 11.0. The Morgan fingerprint density at radius 3 is 2.39 bits per heavy atom. The van der Waals surface area contributed by atoms with Crippen LogP contribution in [0.1, 0.15) is 39.7 Å². The third kappa shape index (κ3) is 5.22. The molecule has 33 heavy (non-hydrogen) atoms. The SMILES string of the molecule is CCOC(=O)C1=C(O)/C(=C/c2ccc(OCC)c3cccc(OCC)c23)SC1=NC(=O)CC. The molecular weight excluding hydrogens is 442 g/mol. The van der Waals surface area contributed by atoms with Crippen molar-refractivity contribution in [3.63, 3.8) is 0 Å². The van der Waals surface area contributed by atoms with Gasteiger partial charge in [-0.1, -0.05) is 36.9 Å². The lowest BCUT2D eigenvalue weighted by molar-refractivity contribution is -0.138. The van der Waals surface area contributed by atoms with E-state index in [-0.39, 0.29) is 29.4 Å². The fraction of sp³-hybridized carbons (Fsp3) is 0.320. The van der Waals surface area contributed by atoms with Crippen LogP contribution in [-0.4, -0.2) is 41.8 Å². The van der Waals surface area contributed by atoms with E-state index in [1.807, 2.05) is 44.2 Å². The normalized spacial score (nSPS) is 16.0. The third-order valence-corrected chi connectivity index (χ3v) is 5.80. The maximum Gasteiger partial charge on any atom is 0.344 e. The van der Waals surface area contributed by atoms with Gasteiger partial charge in [0.1, 0.15) is 27.9 Å².